The number of benzene rings is 2. The summed E-state index contributed by atoms with van der Waals surface area (Å²) in [6.45, 7) is 0.764. The maximum Gasteiger partial charge on any atom is 0.139 e. The van der Waals surface area contributed by atoms with Crippen LogP contribution in [-0.2, 0) is 6.42 Å². The summed E-state index contributed by atoms with van der Waals surface area (Å²) in [5.41, 5.74) is 2.52. The van der Waals surface area contributed by atoms with Crippen molar-refractivity contribution in [1.82, 2.24) is 0 Å². The van der Waals surface area contributed by atoms with Crippen LogP contribution in [0.15, 0.2) is 42.5 Å². The van der Waals surface area contributed by atoms with Gasteiger partial charge in [0.15, 0.2) is 0 Å². The fourth-order valence-corrected chi connectivity index (χ4v) is 2.74. The van der Waals surface area contributed by atoms with Crippen molar-refractivity contribution in [2.45, 2.75) is 18.9 Å². The summed E-state index contributed by atoms with van der Waals surface area (Å²) in [5.74, 6) is 0.650. The first kappa shape index (κ1) is 13.6. The third-order valence-corrected chi connectivity index (χ3v) is 4.28. The van der Waals surface area contributed by atoms with E-state index in [1.165, 1.54) is 11.3 Å². The number of rotatable bonds is 2. The first-order chi connectivity index (χ1) is 9.74. The number of halogens is 2. The molecule has 4 heteroatoms. The highest BCUT2D eigenvalue weighted by Crippen LogP contribution is 2.33. The second-order valence-electron chi connectivity index (χ2n) is 4.87. The zero-order valence-electron chi connectivity index (χ0n) is 10.9. The number of fused-ring (bicyclic) bond motifs is 1. The van der Waals surface area contributed by atoms with Gasteiger partial charge in [0.2, 0.25) is 0 Å². The monoisotopic (exact) mass is 307 g/mol. The van der Waals surface area contributed by atoms with E-state index in [2.05, 4.69) is 23.5 Å². The minimum atomic E-state index is 0.0818. The van der Waals surface area contributed by atoms with Crippen molar-refractivity contribution in [3.63, 3.8) is 0 Å². The highest BCUT2D eigenvalue weighted by Gasteiger charge is 2.18. The molecule has 3 rings (SSSR count). The van der Waals surface area contributed by atoms with Gasteiger partial charge in [-0.25, -0.2) is 0 Å². The molecule has 0 spiro atoms. The summed E-state index contributed by atoms with van der Waals surface area (Å²) >= 11 is 12.2. The Balaban J connectivity index is 1.73. The summed E-state index contributed by atoms with van der Waals surface area (Å²) < 4.78 is 6.00. The normalized spacial score (nSPS) is 17.8. The Labute approximate surface area is 128 Å². The van der Waals surface area contributed by atoms with Crippen LogP contribution in [0.1, 0.15) is 12.0 Å². The number of hydrogen-bond donors (Lipinski definition) is 1. The predicted octanol–water partition coefficient (Wildman–Crippen LogP) is 4.80. The van der Waals surface area contributed by atoms with Crippen LogP contribution in [0.5, 0.6) is 5.75 Å². The topological polar surface area (TPSA) is 21.3 Å². The number of hydrogen-bond acceptors (Lipinski definition) is 2. The second kappa shape index (κ2) is 5.94. The summed E-state index contributed by atoms with van der Waals surface area (Å²) in [4.78, 5) is 0. The Morgan fingerprint density at radius 1 is 1.05 bits per heavy atom. The number of ether oxygens (including phenoxy) is 1. The summed E-state index contributed by atoms with van der Waals surface area (Å²) in [7, 11) is 0. The lowest BCUT2D eigenvalue weighted by Gasteiger charge is -2.18. The molecule has 104 valence electrons. The van der Waals surface area contributed by atoms with E-state index >= 15 is 0 Å². The zero-order valence-corrected chi connectivity index (χ0v) is 12.4. The Kier molecular flexibility index (Phi) is 4.04. The summed E-state index contributed by atoms with van der Waals surface area (Å²) in [6, 6.07) is 13.8. The average Bonchev–Trinajstić information content (AvgIpc) is 2.67. The first-order valence-corrected chi connectivity index (χ1v) is 7.42. The van der Waals surface area contributed by atoms with E-state index < -0.39 is 0 Å². The smallest absolute Gasteiger partial charge is 0.139 e. The van der Waals surface area contributed by atoms with Crippen LogP contribution >= 0.6 is 23.2 Å². The fraction of sp³-hybridized carbons (Fsp3) is 0.250. The van der Waals surface area contributed by atoms with Crippen LogP contribution in [-0.4, -0.2) is 12.6 Å². The molecule has 2 nitrogen and oxygen atoms in total. The van der Waals surface area contributed by atoms with Gasteiger partial charge in [-0.3, -0.25) is 0 Å². The maximum atomic E-state index is 6.17. The van der Waals surface area contributed by atoms with Gasteiger partial charge in [0, 0.05) is 5.69 Å². The highest BCUT2D eigenvalue weighted by atomic mass is 35.5. The molecule has 0 saturated heterocycles. The third kappa shape index (κ3) is 2.87. The molecule has 1 aliphatic rings. The first-order valence-electron chi connectivity index (χ1n) is 6.66. The number of aryl methyl sites for hydroxylation is 1. The van der Waals surface area contributed by atoms with Crippen LogP contribution in [0.25, 0.3) is 0 Å². The predicted molar refractivity (Wildman–Crippen MR) is 84.1 cm³/mol. The van der Waals surface area contributed by atoms with Crippen LogP contribution in [0.4, 0.5) is 5.69 Å². The lowest BCUT2D eigenvalue weighted by atomic mass is 10.1. The van der Waals surface area contributed by atoms with E-state index in [0.29, 0.717) is 15.8 Å². The molecule has 1 aliphatic heterocycles. The van der Waals surface area contributed by atoms with Gasteiger partial charge in [0.05, 0.1) is 11.6 Å². The lowest BCUT2D eigenvalue weighted by Crippen LogP contribution is -2.25. The molecule has 0 aliphatic carbocycles. The van der Waals surface area contributed by atoms with E-state index in [-0.39, 0.29) is 6.10 Å². The van der Waals surface area contributed by atoms with Gasteiger partial charge in [-0.05, 0) is 36.6 Å². The molecule has 0 fully saturated rings. The average molecular weight is 308 g/mol. The van der Waals surface area contributed by atoms with E-state index in [9.17, 15) is 0 Å². The number of anilines is 1. The van der Waals surface area contributed by atoms with Gasteiger partial charge < -0.3 is 10.1 Å². The van der Waals surface area contributed by atoms with E-state index in [1.807, 2.05) is 18.2 Å². The number of nitrogens with one attached hydrogen (secondary N) is 1. The van der Waals surface area contributed by atoms with Crippen molar-refractivity contribution < 1.29 is 4.74 Å². The third-order valence-electron chi connectivity index (χ3n) is 3.48. The Hall–Kier alpha value is -1.38. The molecule has 1 unspecified atom stereocenters. The van der Waals surface area contributed by atoms with Crippen molar-refractivity contribution in [3.8, 4) is 5.75 Å². The van der Waals surface area contributed by atoms with E-state index in [1.54, 1.807) is 6.07 Å². The molecule has 20 heavy (non-hydrogen) atoms. The molecule has 2 aromatic rings. The Bertz CT molecular complexity index is 588. The Morgan fingerprint density at radius 3 is 2.80 bits per heavy atom. The number of para-hydroxylation sites is 1. The van der Waals surface area contributed by atoms with Crippen LogP contribution in [0.3, 0.4) is 0 Å². The molecule has 1 heterocycles. The lowest BCUT2D eigenvalue weighted by molar-refractivity contribution is 0.206. The molecule has 2 aromatic carbocycles. The van der Waals surface area contributed by atoms with Crippen LogP contribution in [0, 0.1) is 0 Å². The van der Waals surface area contributed by atoms with Crippen molar-refractivity contribution in [2.24, 2.45) is 0 Å². The molecule has 0 amide bonds. The molecule has 1 atom stereocenters. The van der Waals surface area contributed by atoms with Gasteiger partial charge in [0.1, 0.15) is 16.9 Å². The van der Waals surface area contributed by atoms with E-state index in [0.717, 1.165) is 19.4 Å². The molecule has 0 bridgehead atoms. The van der Waals surface area contributed by atoms with Crippen molar-refractivity contribution in [2.75, 3.05) is 11.9 Å². The summed E-state index contributed by atoms with van der Waals surface area (Å²) in [5, 5.41) is 4.43. The molecule has 0 aromatic heterocycles. The molecule has 0 saturated carbocycles. The van der Waals surface area contributed by atoms with Gasteiger partial charge in [-0.2, -0.15) is 0 Å². The van der Waals surface area contributed by atoms with Gasteiger partial charge in [0.25, 0.3) is 0 Å². The minimum absolute atomic E-state index is 0.0818. The van der Waals surface area contributed by atoms with Gasteiger partial charge in [-0.15, -0.1) is 0 Å². The second-order valence-corrected chi connectivity index (χ2v) is 5.65. The fourth-order valence-electron chi connectivity index (χ4n) is 2.41. The maximum absolute atomic E-state index is 6.17. The standard InChI is InChI=1S/C16H15Cl2NO/c17-13-5-3-7-15(16(13)18)20-12-9-8-11-4-1-2-6-14(11)19-10-12/h1-7,12,19H,8-10H2. The molecular formula is C16H15Cl2NO. The largest absolute Gasteiger partial charge is 0.487 e. The molecular weight excluding hydrogens is 293 g/mol. The highest BCUT2D eigenvalue weighted by molar-refractivity contribution is 6.42. The van der Waals surface area contributed by atoms with Gasteiger partial charge in [-0.1, -0.05) is 47.5 Å². The van der Waals surface area contributed by atoms with E-state index in [4.69, 9.17) is 27.9 Å². The SMILES string of the molecule is Clc1cccc(OC2CCc3ccccc3NC2)c1Cl. The van der Waals surface area contributed by atoms with Crippen LogP contribution in [0.2, 0.25) is 10.0 Å². The molecule has 1 N–H and O–H groups in total. The minimum Gasteiger partial charge on any atom is -0.487 e. The zero-order chi connectivity index (χ0) is 13.9. The quantitative estimate of drug-likeness (QED) is 0.860. The van der Waals surface area contributed by atoms with Crippen molar-refractivity contribution in [3.05, 3.63) is 58.1 Å². The summed E-state index contributed by atoms with van der Waals surface area (Å²) in [6.07, 6.45) is 2.03. The van der Waals surface area contributed by atoms with Crippen molar-refractivity contribution >= 4 is 28.9 Å². The van der Waals surface area contributed by atoms with Gasteiger partial charge >= 0.3 is 0 Å². The molecule has 0 radical (unpaired) electrons. The van der Waals surface area contributed by atoms with Crippen molar-refractivity contribution in [1.29, 1.82) is 0 Å². The Morgan fingerprint density at radius 2 is 1.90 bits per heavy atom. The van der Waals surface area contributed by atoms with Crippen LogP contribution < -0.4 is 10.1 Å².